The minimum atomic E-state index is -4.53. The molecule has 0 fully saturated rings. The molecule has 0 aromatic heterocycles. The van der Waals surface area contributed by atoms with E-state index in [1.54, 1.807) is 0 Å². The fraction of sp³-hybridized carbons (Fsp3) is 1.00. The molecule has 0 saturated carbocycles. The molecule has 0 atom stereocenters. The van der Waals surface area contributed by atoms with Gasteiger partial charge in [0.25, 0.3) is 0 Å². The molecular weight excluding hydrogens is 222 g/mol. The SMILES string of the molecule is NCCOC(N(F)F)(N(F)F)N(F)F. The van der Waals surface area contributed by atoms with E-state index in [1.165, 1.54) is 0 Å². The van der Waals surface area contributed by atoms with Crippen LogP contribution in [0.5, 0.6) is 0 Å². The molecule has 0 rings (SSSR count). The number of nitrogens with zero attached hydrogens (tertiary/aromatic N) is 3. The predicted octanol–water partition coefficient (Wildman–Crippen LogP) is 0.786. The van der Waals surface area contributed by atoms with Crippen molar-refractivity contribution in [2.24, 2.45) is 5.73 Å². The lowest BCUT2D eigenvalue weighted by Crippen LogP contribution is -2.58. The van der Waals surface area contributed by atoms with Crippen molar-refractivity contribution in [3.05, 3.63) is 0 Å². The second kappa shape index (κ2) is 5.31. The summed E-state index contributed by atoms with van der Waals surface area (Å²) in [6.07, 6.45) is 0. The number of nitrogens with two attached hydrogens (primary N) is 1. The monoisotopic (exact) mass is 228 g/mol. The maximum atomic E-state index is 11.8. The Kier molecular flexibility index (Phi) is 5.07. The Hall–Kier alpha value is -0.620. The van der Waals surface area contributed by atoms with Crippen LogP contribution in [0.15, 0.2) is 0 Å². The molecule has 14 heavy (non-hydrogen) atoms. The molecule has 0 spiro atoms. The highest BCUT2D eigenvalue weighted by Gasteiger charge is 2.57. The summed E-state index contributed by atoms with van der Waals surface area (Å²) in [6.45, 7) is -1.38. The average Bonchev–Trinajstić information content (AvgIpc) is 2.03. The zero-order valence-electron chi connectivity index (χ0n) is 6.51. The van der Waals surface area contributed by atoms with Crippen LogP contribution in [0.25, 0.3) is 0 Å². The van der Waals surface area contributed by atoms with Gasteiger partial charge in [-0.1, -0.05) is 26.9 Å². The molecule has 0 aliphatic carbocycles. The molecule has 86 valence electrons. The fourth-order valence-corrected chi connectivity index (χ4v) is 0.514. The van der Waals surface area contributed by atoms with Crippen molar-refractivity contribution >= 4 is 0 Å². The third kappa shape index (κ3) is 2.45. The topological polar surface area (TPSA) is 45.0 Å². The number of hydrogen-bond donors (Lipinski definition) is 1. The van der Waals surface area contributed by atoms with Gasteiger partial charge in [0, 0.05) is 6.54 Å². The van der Waals surface area contributed by atoms with Gasteiger partial charge in [0.1, 0.15) is 0 Å². The van der Waals surface area contributed by atoms with Crippen LogP contribution in [0.1, 0.15) is 0 Å². The number of rotatable bonds is 6. The van der Waals surface area contributed by atoms with Crippen molar-refractivity contribution in [2.75, 3.05) is 13.2 Å². The van der Waals surface area contributed by atoms with Gasteiger partial charge >= 0.3 is 5.97 Å². The molecule has 2 N–H and O–H groups in total. The van der Waals surface area contributed by atoms with Crippen molar-refractivity contribution in [1.82, 2.24) is 16.0 Å². The van der Waals surface area contributed by atoms with E-state index in [4.69, 9.17) is 5.73 Å². The zero-order chi connectivity index (χ0) is 11.4. The quantitative estimate of drug-likeness (QED) is 0.413. The molecule has 0 unspecified atom stereocenters. The number of hydrogen-bond acceptors (Lipinski definition) is 5. The van der Waals surface area contributed by atoms with Crippen molar-refractivity contribution < 1.29 is 31.6 Å². The first-order valence-electron chi connectivity index (χ1n) is 3.09. The smallest absolute Gasteiger partial charge is 0.328 e. The first kappa shape index (κ1) is 13.4. The largest absolute Gasteiger partial charge is 0.410 e. The highest BCUT2D eigenvalue weighted by molar-refractivity contribution is 4.55. The summed E-state index contributed by atoms with van der Waals surface area (Å²) in [4.78, 5) is 0. The van der Waals surface area contributed by atoms with E-state index in [0.29, 0.717) is 0 Å². The normalized spacial score (nSPS) is 13.3. The average molecular weight is 228 g/mol. The van der Waals surface area contributed by atoms with Crippen molar-refractivity contribution in [2.45, 2.75) is 5.97 Å². The van der Waals surface area contributed by atoms with Gasteiger partial charge in [0.2, 0.25) is 0 Å². The highest BCUT2D eigenvalue weighted by atomic mass is 19.4. The minimum Gasteiger partial charge on any atom is -0.328 e. The van der Waals surface area contributed by atoms with Crippen LogP contribution in [0.2, 0.25) is 0 Å². The Morgan fingerprint density at radius 3 is 1.50 bits per heavy atom. The molecular formula is C3H6F6N4O. The maximum Gasteiger partial charge on any atom is 0.410 e. The van der Waals surface area contributed by atoms with Crippen LogP contribution in [-0.2, 0) is 4.74 Å². The minimum absolute atomic E-state index is 0.475. The lowest BCUT2D eigenvalue weighted by Gasteiger charge is -2.30. The van der Waals surface area contributed by atoms with Gasteiger partial charge in [-0.3, -0.25) is 0 Å². The van der Waals surface area contributed by atoms with Crippen LogP contribution in [0.3, 0.4) is 0 Å². The summed E-state index contributed by atoms with van der Waals surface area (Å²) in [5.41, 5.74) is 4.72. The van der Waals surface area contributed by atoms with Gasteiger partial charge in [0.05, 0.1) is 22.6 Å². The first-order chi connectivity index (χ1) is 6.39. The van der Waals surface area contributed by atoms with Crippen molar-refractivity contribution in [1.29, 1.82) is 0 Å². The van der Waals surface area contributed by atoms with Gasteiger partial charge < -0.3 is 10.5 Å². The van der Waals surface area contributed by atoms with Crippen LogP contribution < -0.4 is 5.73 Å². The van der Waals surface area contributed by atoms with E-state index < -0.39 is 35.2 Å². The molecule has 0 radical (unpaired) electrons. The maximum absolute atomic E-state index is 11.8. The standard InChI is InChI=1S/C3H6F6N4O/c4-11(5)3(12(6)7,13(8)9)14-2-1-10/h1-2,10H2. The lowest BCUT2D eigenvalue weighted by atomic mass is 10.7. The van der Waals surface area contributed by atoms with E-state index in [-0.39, 0.29) is 0 Å². The van der Waals surface area contributed by atoms with Crippen LogP contribution in [-0.4, -0.2) is 35.2 Å². The predicted molar refractivity (Wildman–Crippen MR) is 29.9 cm³/mol. The molecule has 0 amide bonds. The lowest BCUT2D eigenvalue weighted by molar-refractivity contribution is -0.553. The van der Waals surface area contributed by atoms with Crippen LogP contribution in [0.4, 0.5) is 26.9 Å². The van der Waals surface area contributed by atoms with E-state index >= 15 is 0 Å². The third-order valence-electron chi connectivity index (χ3n) is 1.07. The summed E-state index contributed by atoms with van der Waals surface area (Å²) in [7, 11) is 0. The Bertz CT molecular complexity index is 145. The van der Waals surface area contributed by atoms with E-state index in [0.717, 1.165) is 0 Å². The van der Waals surface area contributed by atoms with Gasteiger partial charge in [-0.15, -0.1) is 0 Å². The summed E-state index contributed by atoms with van der Waals surface area (Å²) in [6, 6.07) is 0. The molecule has 0 aromatic rings. The Labute approximate surface area is 73.8 Å². The molecule has 0 saturated heterocycles. The summed E-state index contributed by atoms with van der Waals surface area (Å²) in [5.74, 6) is -4.53. The number of ether oxygens (including phenoxy) is 1. The fourth-order valence-electron chi connectivity index (χ4n) is 0.514. The summed E-state index contributed by atoms with van der Waals surface area (Å²) < 4.78 is 74.4. The molecule has 0 heterocycles. The molecule has 0 bridgehead atoms. The molecule has 0 aliphatic heterocycles. The van der Waals surface area contributed by atoms with Gasteiger partial charge in [-0.05, 0) is 0 Å². The Morgan fingerprint density at radius 1 is 0.929 bits per heavy atom. The zero-order valence-corrected chi connectivity index (χ0v) is 6.51. The van der Waals surface area contributed by atoms with Crippen molar-refractivity contribution in [3.63, 3.8) is 0 Å². The van der Waals surface area contributed by atoms with E-state index in [1.807, 2.05) is 0 Å². The first-order valence-corrected chi connectivity index (χ1v) is 3.09. The van der Waals surface area contributed by atoms with Gasteiger partial charge in [-0.2, -0.15) is 0 Å². The van der Waals surface area contributed by atoms with Crippen LogP contribution >= 0.6 is 0 Å². The third-order valence-corrected chi connectivity index (χ3v) is 1.07. The summed E-state index contributed by atoms with van der Waals surface area (Å²) in [5, 5.41) is -7.45. The highest BCUT2D eigenvalue weighted by Crippen LogP contribution is 2.29. The van der Waals surface area contributed by atoms with Gasteiger partial charge in [-0.25, -0.2) is 0 Å². The molecule has 0 aliphatic rings. The molecule has 0 aromatic carbocycles. The van der Waals surface area contributed by atoms with E-state index in [2.05, 4.69) is 4.74 Å². The van der Waals surface area contributed by atoms with Gasteiger partial charge in [0.15, 0.2) is 0 Å². The summed E-state index contributed by atoms with van der Waals surface area (Å²) >= 11 is 0. The molecule has 5 nitrogen and oxygen atoms in total. The van der Waals surface area contributed by atoms with Crippen LogP contribution in [0, 0.1) is 0 Å². The van der Waals surface area contributed by atoms with Crippen molar-refractivity contribution in [3.8, 4) is 0 Å². The number of halogens is 6. The second-order valence-electron chi connectivity index (χ2n) is 1.91. The Balaban J connectivity index is 4.76. The van der Waals surface area contributed by atoms with E-state index in [9.17, 15) is 26.9 Å². The Morgan fingerprint density at radius 2 is 1.29 bits per heavy atom. The second-order valence-corrected chi connectivity index (χ2v) is 1.91. The molecule has 11 heteroatoms.